The maximum absolute atomic E-state index is 11.2. The Morgan fingerprint density at radius 1 is 1.24 bits per heavy atom. The molecule has 0 aromatic heterocycles. The van der Waals surface area contributed by atoms with E-state index >= 15 is 0 Å². The highest BCUT2D eigenvalue weighted by Gasteiger charge is 2.30. The maximum Gasteiger partial charge on any atom is 0.323 e. The van der Waals surface area contributed by atoms with Gasteiger partial charge in [0.2, 0.25) is 0 Å². The first-order valence-electron chi connectivity index (χ1n) is 9.24. The first-order chi connectivity index (χ1) is 11.8. The van der Waals surface area contributed by atoms with Crippen LogP contribution in [-0.2, 0) is 11.2 Å². The van der Waals surface area contributed by atoms with Gasteiger partial charge < -0.3 is 20.3 Å². The second-order valence-electron chi connectivity index (χ2n) is 6.73. The summed E-state index contributed by atoms with van der Waals surface area (Å²) in [6.45, 7) is 8.88. The Balaban J connectivity index is 2.69. The largest absolute Gasteiger partial charge is 0.494 e. The molecule has 2 unspecified atom stereocenters. The lowest BCUT2D eigenvalue weighted by Gasteiger charge is -2.25. The predicted molar refractivity (Wildman–Crippen MR) is 100 cm³/mol. The van der Waals surface area contributed by atoms with Gasteiger partial charge in [-0.2, -0.15) is 0 Å². The van der Waals surface area contributed by atoms with Crippen LogP contribution in [0, 0.1) is 5.92 Å². The molecular formula is C20H33NO4. The molecule has 0 radical (unpaired) electrons. The maximum atomic E-state index is 11.2. The van der Waals surface area contributed by atoms with Crippen LogP contribution in [0.15, 0.2) is 18.2 Å². The van der Waals surface area contributed by atoms with Gasteiger partial charge in [-0.25, -0.2) is 0 Å². The monoisotopic (exact) mass is 351 g/mol. The highest BCUT2D eigenvalue weighted by atomic mass is 16.5. The van der Waals surface area contributed by atoms with Gasteiger partial charge in [0, 0.05) is 0 Å². The molecule has 1 aromatic carbocycles. The van der Waals surface area contributed by atoms with Crippen molar-refractivity contribution in [2.45, 2.75) is 65.3 Å². The first kappa shape index (κ1) is 21.3. The zero-order valence-corrected chi connectivity index (χ0v) is 16.0. The highest BCUT2D eigenvalue weighted by molar-refractivity contribution is 5.77. The van der Waals surface area contributed by atoms with E-state index in [2.05, 4.69) is 6.92 Å². The summed E-state index contributed by atoms with van der Waals surface area (Å²) in [7, 11) is 0. The van der Waals surface area contributed by atoms with Crippen LogP contribution in [0.4, 0.5) is 0 Å². The van der Waals surface area contributed by atoms with E-state index in [9.17, 15) is 9.90 Å². The third-order valence-electron chi connectivity index (χ3n) is 4.48. The second kappa shape index (κ2) is 10.3. The van der Waals surface area contributed by atoms with E-state index in [1.807, 2.05) is 32.0 Å². The molecule has 2 atom stereocenters. The average Bonchev–Trinajstić information content (AvgIpc) is 2.56. The molecule has 0 aliphatic heterocycles. The van der Waals surface area contributed by atoms with Crippen molar-refractivity contribution in [2.24, 2.45) is 11.7 Å². The smallest absolute Gasteiger partial charge is 0.323 e. The van der Waals surface area contributed by atoms with Crippen LogP contribution in [0.5, 0.6) is 11.5 Å². The zero-order chi connectivity index (χ0) is 18.9. The Morgan fingerprint density at radius 2 is 1.92 bits per heavy atom. The van der Waals surface area contributed by atoms with Crippen molar-refractivity contribution < 1.29 is 19.4 Å². The molecule has 142 valence electrons. The Morgan fingerprint density at radius 3 is 2.48 bits per heavy atom. The Hall–Kier alpha value is -1.75. The van der Waals surface area contributed by atoms with Crippen molar-refractivity contribution in [2.75, 3.05) is 13.2 Å². The Labute approximate surface area is 151 Å². The third-order valence-corrected chi connectivity index (χ3v) is 4.48. The number of aliphatic carboxylic acids is 1. The number of rotatable bonds is 12. The summed E-state index contributed by atoms with van der Waals surface area (Å²) in [6, 6.07) is 5.93. The number of carbonyl (C=O) groups is 1. The van der Waals surface area contributed by atoms with E-state index in [0.29, 0.717) is 25.6 Å². The second-order valence-corrected chi connectivity index (χ2v) is 6.73. The summed E-state index contributed by atoms with van der Waals surface area (Å²) in [4.78, 5) is 11.2. The minimum atomic E-state index is -1.16. The predicted octanol–water partition coefficient (Wildman–Crippen LogP) is 4.03. The summed E-state index contributed by atoms with van der Waals surface area (Å²) in [6.07, 6.45) is 4.21. The number of hydrogen-bond donors (Lipinski definition) is 2. The minimum Gasteiger partial charge on any atom is -0.494 e. The summed E-state index contributed by atoms with van der Waals surface area (Å²) in [5.74, 6) is 1.12. The van der Waals surface area contributed by atoms with Gasteiger partial charge in [0.1, 0.15) is 17.0 Å². The Bertz CT molecular complexity index is 542. The summed E-state index contributed by atoms with van der Waals surface area (Å²) in [5.41, 5.74) is 5.87. The van der Waals surface area contributed by atoms with Crippen LogP contribution in [0.1, 0.15) is 58.9 Å². The molecule has 0 saturated heterocycles. The third kappa shape index (κ3) is 6.94. The van der Waals surface area contributed by atoms with Crippen molar-refractivity contribution in [3.63, 3.8) is 0 Å². The van der Waals surface area contributed by atoms with Crippen LogP contribution in [0.3, 0.4) is 0 Å². The lowest BCUT2D eigenvalue weighted by molar-refractivity contribution is -0.143. The molecule has 0 aliphatic carbocycles. The molecule has 0 fully saturated rings. The van der Waals surface area contributed by atoms with Crippen molar-refractivity contribution in [1.29, 1.82) is 0 Å². The molecule has 0 heterocycles. The lowest BCUT2D eigenvalue weighted by Crippen LogP contribution is -2.46. The fourth-order valence-corrected chi connectivity index (χ4v) is 3.02. The van der Waals surface area contributed by atoms with Gasteiger partial charge in [0.05, 0.1) is 13.2 Å². The van der Waals surface area contributed by atoms with Crippen LogP contribution >= 0.6 is 0 Å². The molecule has 0 aliphatic rings. The zero-order valence-electron chi connectivity index (χ0n) is 16.0. The van der Waals surface area contributed by atoms with Gasteiger partial charge in [-0.05, 0) is 69.7 Å². The minimum absolute atomic E-state index is 0.303. The molecule has 0 spiro atoms. The molecule has 5 heteroatoms. The van der Waals surface area contributed by atoms with Gasteiger partial charge in [-0.15, -0.1) is 0 Å². The van der Waals surface area contributed by atoms with E-state index in [1.165, 1.54) is 0 Å². The van der Waals surface area contributed by atoms with Crippen molar-refractivity contribution in [3.05, 3.63) is 23.8 Å². The van der Waals surface area contributed by atoms with Crippen LogP contribution in [-0.4, -0.2) is 29.8 Å². The van der Waals surface area contributed by atoms with Crippen molar-refractivity contribution >= 4 is 5.97 Å². The first-order valence-corrected chi connectivity index (χ1v) is 9.24. The van der Waals surface area contributed by atoms with Gasteiger partial charge >= 0.3 is 5.97 Å². The number of benzene rings is 1. The van der Waals surface area contributed by atoms with Crippen molar-refractivity contribution in [1.82, 2.24) is 0 Å². The van der Waals surface area contributed by atoms with E-state index in [1.54, 1.807) is 6.92 Å². The van der Waals surface area contributed by atoms with Crippen LogP contribution < -0.4 is 15.2 Å². The molecule has 0 saturated carbocycles. The van der Waals surface area contributed by atoms with Gasteiger partial charge in [-0.3, -0.25) is 4.79 Å². The molecule has 1 rings (SSSR count). The molecular weight excluding hydrogens is 318 g/mol. The quantitative estimate of drug-likeness (QED) is 0.594. The number of hydrogen-bond acceptors (Lipinski definition) is 4. The van der Waals surface area contributed by atoms with Gasteiger partial charge in [-0.1, -0.05) is 19.8 Å². The van der Waals surface area contributed by atoms with Gasteiger partial charge in [0.25, 0.3) is 0 Å². The highest BCUT2D eigenvalue weighted by Crippen LogP contribution is 2.28. The molecule has 1 aromatic rings. The molecule has 25 heavy (non-hydrogen) atoms. The van der Waals surface area contributed by atoms with E-state index < -0.39 is 11.5 Å². The molecule has 0 amide bonds. The fourth-order valence-electron chi connectivity index (χ4n) is 3.02. The number of aryl methyl sites for hydroxylation is 1. The molecule has 5 nitrogen and oxygen atoms in total. The summed E-state index contributed by atoms with van der Waals surface area (Å²) >= 11 is 0. The van der Waals surface area contributed by atoms with Gasteiger partial charge in [0.15, 0.2) is 0 Å². The fraction of sp³-hybridized carbons (Fsp3) is 0.650. The number of ether oxygens (including phenoxy) is 2. The SMILES string of the molecule is CCOc1ccc(OCC)c(CCCC(CC)CC(C)(N)C(=O)O)c1. The van der Waals surface area contributed by atoms with Crippen LogP contribution in [0.25, 0.3) is 0 Å². The van der Waals surface area contributed by atoms with E-state index in [-0.39, 0.29) is 0 Å². The molecule has 0 bridgehead atoms. The van der Waals surface area contributed by atoms with Crippen molar-refractivity contribution in [3.8, 4) is 11.5 Å². The summed E-state index contributed by atoms with van der Waals surface area (Å²) < 4.78 is 11.3. The van der Waals surface area contributed by atoms with E-state index in [0.717, 1.165) is 42.7 Å². The summed E-state index contributed by atoms with van der Waals surface area (Å²) in [5, 5.41) is 9.21. The number of nitrogens with two attached hydrogens (primary N) is 1. The topological polar surface area (TPSA) is 81.8 Å². The standard InChI is InChI=1S/C20H33NO4/c1-5-15(14-20(4,21)19(22)23)9-8-10-16-13-17(24-6-2)11-12-18(16)25-7-3/h11-13,15H,5-10,14,21H2,1-4H3,(H,22,23). The molecule has 3 N–H and O–H groups in total. The Kier molecular flexibility index (Phi) is 8.76. The lowest BCUT2D eigenvalue weighted by atomic mass is 9.85. The number of carboxylic acid groups (broad SMARTS) is 1. The number of carboxylic acids is 1. The van der Waals surface area contributed by atoms with E-state index in [4.69, 9.17) is 15.2 Å². The average molecular weight is 351 g/mol. The normalized spacial score (nSPS) is 14.6. The van der Waals surface area contributed by atoms with Crippen LogP contribution in [0.2, 0.25) is 0 Å².